The van der Waals surface area contributed by atoms with Crippen LogP contribution >= 0.6 is 0 Å². The maximum absolute atomic E-state index is 12.0. The Labute approximate surface area is 93.8 Å². The molecular weight excluding hydrogens is 243 g/mol. The highest BCUT2D eigenvalue weighted by Gasteiger charge is 2.38. The molecule has 1 aromatic heterocycles. The minimum atomic E-state index is -4.71. The first-order chi connectivity index (χ1) is 7.82. The van der Waals surface area contributed by atoms with Gasteiger partial charge in [0.2, 0.25) is 11.9 Å². The molecule has 1 rings (SSSR count). The third-order valence-corrected chi connectivity index (χ3v) is 1.65. The van der Waals surface area contributed by atoms with Crippen molar-refractivity contribution in [2.45, 2.75) is 12.3 Å². The molecule has 0 aliphatic rings. The molecule has 1 atom stereocenters. The van der Waals surface area contributed by atoms with E-state index in [9.17, 15) is 13.2 Å². The van der Waals surface area contributed by atoms with Gasteiger partial charge in [-0.2, -0.15) is 28.1 Å². The van der Waals surface area contributed by atoms with Gasteiger partial charge in [-0.05, 0) is 0 Å². The van der Waals surface area contributed by atoms with Crippen molar-refractivity contribution in [1.82, 2.24) is 15.0 Å². The van der Waals surface area contributed by atoms with Gasteiger partial charge in [-0.15, -0.1) is 0 Å². The van der Waals surface area contributed by atoms with Crippen LogP contribution in [-0.2, 0) is 0 Å². The lowest BCUT2D eigenvalue weighted by atomic mass is 10.3. The van der Waals surface area contributed by atoms with E-state index in [1.54, 1.807) is 0 Å². The van der Waals surface area contributed by atoms with Crippen LogP contribution in [0.25, 0.3) is 0 Å². The highest BCUT2D eigenvalue weighted by molar-refractivity contribution is 5.32. The number of nitrogens with zero attached hydrogens (tertiary/aromatic N) is 3. The van der Waals surface area contributed by atoms with Crippen molar-refractivity contribution in [1.29, 1.82) is 0 Å². The van der Waals surface area contributed by atoms with Crippen molar-refractivity contribution in [3.8, 4) is 6.01 Å². The monoisotopic (exact) mass is 253 g/mol. The zero-order valence-corrected chi connectivity index (χ0v) is 8.69. The number of aromatic nitrogens is 3. The summed E-state index contributed by atoms with van der Waals surface area (Å²) in [5.74, 6) is -0.418. The number of hydrogen-bond acceptors (Lipinski definition) is 7. The minimum absolute atomic E-state index is 0.138. The van der Waals surface area contributed by atoms with Crippen molar-refractivity contribution in [2.75, 3.05) is 24.7 Å². The number of alkyl halides is 3. The number of rotatable bonds is 4. The molecule has 0 fully saturated rings. The van der Waals surface area contributed by atoms with Crippen LogP contribution in [0.1, 0.15) is 0 Å². The standard InChI is InChI=1S/C7H10F3N5O2/c1-17-6-14-4(11)13-5(15-6)12-2-3(16)7(8,9)10/h3,16H,2H2,1H3,(H3,11,12,13,14,15). The Morgan fingerprint density at radius 3 is 2.59 bits per heavy atom. The first-order valence-electron chi connectivity index (χ1n) is 4.37. The zero-order valence-electron chi connectivity index (χ0n) is 8.69. The number of nitrogens with two attached hydrogens (primary N) is 1. The molecular formula is C7H10F3N5O2. The number of nitrogen functional groups attached to an aromatic ring is 1. The number of anilines is 2. The van der Waals surface area contributed by atoms with Crippen LogP contribution in [0.15, 0.2) is 0 Å². The van der Waals surface area contributed by atoms with Gasteiger partial charge in [-0.3, -0.25) is 0 Å². The Balaban J connectivity index is 2.66. The summed E-state index contributed by atoms with van der Waals surface area (Å²) < 4.78 is 40.6. The fourth-order valence-electron chi connectivity index (χ4n) is 0.846. The number of halogens is 3. The van der Waals surface area contributed by atoms with Crippen LogP contribution in [0.2, 0.25) is 0 Å². The highest BCUT2D eigenvalue weighted by atomic mass is 19.4. The number of ether oxygens (including phenoxy) is 1. The second kappa shape index (κ2) is 4.99. The molecule has 0 aromatic carbocycles. The number of nitrogens with one attached hydrogen (secondary N) is 1. The molecule has 1 unspecified atom stereocenters. The number of hydrogen-bond donors (Lipinski definition) is 3. The van der Waals surface area contributed by atoms with Crippen molar-refractivity contribution in [3.05, 3.63) is 0 Å². The van der Waals surface area contributed by atoms with E-state index in [0.29, 0.717) is 0 Å². The van der Waals surface area contributed by atoms with E-state index in [1.807, 2.05) is 0 Å². The molecule has 0 saturated heterocycles. The second-order valence-corrected chi connectivity index (χ2v) is 2.94. The van der Waals surface area contributed by atoms with Crippen molar-refractivity contribution in [3.63, 3.8) is 0 Å². The Morgan fingerprint density at radius 1 is 1.41 bits per heavy atom. The molecule has 4 N–H and O–H groups in total. The Kier molecular flexibility index (Phi) is 3.89. The van der Waals surface area contributed by atoms with E-state index < -0.39 is 18.8 Å². The van der Waals surface area contributed by atoms with Gasteiger partial charge >= 0.3 is 12.2 Å². The van der Waals surface area contributed by atoms with E-state index in [4.69, 9.17) is 10.8 Å². The second-order valence-electron chi connectivity index (χ2n) is 2.94. The SMILES string of the molecule is COc1nc(N)nc(NCC(O)C(F)(F)F)n1. The Bertz CT molecular complexity index is 386. The van der Waals surface area contributed by atoms with Gasteiger partial charge in [0.15, 0.2) is 6.10 Å². The van der Waals surface area contributed by atoms with Gasteiger partial charge in [0.25, 0.3) is 0 Å². The van der Waals surface area contributed by atoms with Crippen LogP contribution in [0, 0.1) is 0 Å². The maximum Gasteiger partial charge on any atom is 0.416 e. The molecule has 7 nitrogen and oxygen atoms in total. The average Bonchev–Trinajstić information content (AvgIpc) is 2.23. The lowest BCUT2D eigenvalue weighted by Gasteiger charge is -2.14. The summed E-state index contributed by atoms with van der Waals surface area (Å²) >= 11 is 0. The third kappa shape index (κ3) is 3.90. The van der Waals surface area contributed by atoms with Gasteiger partial charge in [0, 0.05) is 0 Å². The predicted octanol–water partition coefficient (Wildman–Crippen LogP) is -0.203. The molecule has 0 saturated carbocycles. The Morgan fingerprint density at radius 2 is 2.06 bits per heavy atom. The average molecular weight is 253 g/mol. The topological polar surface area (TPSA) is 106 Å². The summed E-state index contributed by atoms with van der Waals surface area (Å²) in [6.45, 7) is -0.796. The first-order valence-corrected chi connectivity index (χ1v) is 4.37. The van der Waals surface area contributed by atoms with Crippen LogP contribution in [-0.4, -0.2) is 46.0 Å². The van der Waals surface area contributed by atoms with Gasteiger partial charge in [0.05, 0.1) is 13.7 Å². The molecule has 1 aromatic rings. The molecule has 0 spiro atoms. The molecule has 0 aliphatic heterocycles. The van der Waals surface area contributed by atoms with Crippen LogP contribution in [0.3, 0.4) is 0 Å². The fourth-order valence-corrected chi connectivity index (χ4v) is 0.846. The molecule has 96 valence electrons. The normalized spacial score (nSPS) is 13.2. The van der Waals surface area contributed by atoms with E-state index in [1.165, 1.54) is 7.11 Å². The molecule has 17 heavy (non-hydrogen) atoms. The van der Waals surface area contributed by atoms with Crippen molar-refractivity contribution < 1.29 is 23.0 Å². The molecule has 0 aliphatic carbocycles. The maximum atomic E-state index is 12.0. The molecule has 0 radical (unpaired) electrons. The van der Waals surface area contributed by atoms with Gasteiger partial charge in [0.1, 0.15) is 0 Å². The summed E-state index contributed by atoms with van der Waals surface area (Å²) in [5.41, 5.74) is 5.26. The summed E-state index contributed by atoms with van der Waals surface area (Å²) in [4.78, 5) is 10.7. The largest absolute Gasteiger partial charge is 0.467 e. The van der Waals surface area contributed by atoms with Gasteiger partial charge < -0.3 is 20.9 Å². The first kappa shape index (κ1) is 13.2. The van der Waals surface area contributed by atoms with Crippen molar-refractivity contribution in [2.24, 2.45) is 0 Å². The summed E-state index contributed by atoms with van der Waals surface area (Å²) in [6.07, 6.45) is -7.23. The van der Waals surface area contributed by atoms with E-state index in [2.05, 4.69) is 25.0 Å². The van der Waals surface area contributed by atoms with Gasteiger partial charge in [-0.1, -0.05) is 0 Å². The Hall–Kier alpha value is -1.84. The summed E-state index contributed by atoms with van der Waals surface area (Å²) in [7, 11) is 1.27. The van der Waals surface area contributed by atoms with Crippen LogP contribution in [0.5, 0.6) is 6.01 Å². The summed E-state index contributed by atoms with van der Waals surface area (Å²) in [5, 5.41) is 10.9. The highest BCUT2D eigenvalue weighted by Crippen LogP contribution is 2.20. The molecule has 0 bridgehead atoms. The third-order valence-electron chi connectivity index (χ3n) is 1.65. The van der Waals surface area contributed by atoms with E-state index in [-0.39, 0.29) is 17.9 Å². The van der Waals surface area contributed by atoms with Crippen LogP contribution < -0.4 is 15.8 Å². The summed E-state index contributed by atoms with van der Waals surface area (Å²) in [6, 6.07) is -0.138. The molecule has 1 heterocycles. The van der Waals surface area contributed by atoms with Crippen LogP contribution in [0.4, 0.5) is 25.1 Å². The lowest BCUT2D eigenvalue weighted by Crippen LogP contribution is -2.35. The zero-order chi connectivity index (χ0) is 13.1. The smallest absolute Gasteiger partial charge is 0.416 e. The number of methoxy groups -OCH3 is 1. The van der Waals surface area contributed by atoms with E-state index >= 15 is 0 Å². The number of aliphatic hydroxyl groups excluding tert-OH is 1. The fraction of sp³-hybridized carbons (Fsp3) is 0.571. The quantitative estimate of drug-likeness (QED) is 0.682. The van der Waals surface area contributed by atoms with Gasteiger partial charge in [-0.25, -0.2) is 0 Å². The lowest BCUT2D eigenvalue weighted by molar-refractivity contribution is -0.198. The molecule has 10 heteroatoms. The van der Waals surface area contributed by atoms with Crippen molar-refractivity contribution >= 4 is 11.9 Å². The number of aliphatic hydroxyl groups is 1. The minimum Gasteiger partial charge on any atom is -0.467 e. The molecule has 0 amide bonds. The predicted molar refractivity (Wildman–Crippen MR) is 51.3 cm³/mol. The van der Waals surface area contributed by atoms with E-state index in [0.717, 1.165) is 0 Å².